The number of amides is 1. The molecule has 3 heterocycles. The Morgan fingerprint density at radius 2 is 2.14 bits per heavy atom. The van der Waals surface area contributed by atoms with E-state index in [9.17, 15) is 4.79 Å². The fourth-order valence-electron chi connectivity index (χ4n) is 2.85. The number of aryl methyl sites for hydroxylation is 1. The van der Waals surface area contributed by atoms with E-state index in [0.717, 1.165) is 16.0 Å². The fourth-order valence-corrected chi connectivity index (χ4v) is 3.50. The number of aromatic nitrogens is 4. The largest absolute Gasteiger partial charge is 0.440 e. The first-order valence-electron chi connectivity index (χ1n) is 8.84. The second-order valence-electron chi connectivity index (χ2n) is 6.37. The first-order valence-corrected chi connectivity index (χ1v) is 9.72. The van der Waals surface area contributed by atoms with Crippen LogP contribution >= 0.6 is 11.3 Å². The van der Waals surface area contributed by atoms with Crippen molar-refractivity contribution in [2.45, 2.75) is 26.4 Å². The lowest BCUT2D eigenvalue weighted by molar-refractivity contribution is -0.120. The number of rotatable bonds is 7. The number of thiophene rings is 1. The van der Waals surface area contributed by atoms with E-state index >= 15 is 0 Å². The molecule has 8 heteroatoms. The standard InChI is InChI=1S/C20H19N5O2S/c1-14-17(24-20(27-14)18-6-3-7-28-18)9-19(26)22-10-15-4-2-5-16(8-15)11-25-13-21-12-23-25/h2-8,12-13H,9-11H2,1H3,(H,22,26). The number of benzene rings is 1. The maximum atomic E-state index is 12.4. The van der Waals surface area contributed by atoms with Crippen LogP contribution in [0.4, 0.5) is 0 Å². The summed E-state index contributed by atoms with van der Waals surface area (Å²) in [6, 6.07) is 11.9. The van der Waals surface area contributed by atoms with Gasteiger partial charge < -0.3 is 9.73 Å². The molecule has 0 atom stereocenters. The summed E-state index contributed by atoms with van der Waals surface area (Å²) in [5, 5.41) is 9.03. The number of hydrogen-bond acceptors (Lipinski definition) is 6. The van der Waals surface area contributed by atoms with Crippen LogP contribution in [0.3, 0.4) is 0 Å². The first-order chi connectivity index (χ1) is 13.7. The summed E-state index contributed by atoms with van der Waals surface area (Å²) in [5.41, 5.74) is 2.80. The Kier molecular flexibility index (Phi) is 5.29. The summed E-state index contributed by atoms with van der Waals surface area (Å²) < 4.78 is 7.45. The predicted octanol–water partition coefficient (Wildman–Crippen LogP) is 3.21. The summed E-state index contributed by atoms with van der Waals surface area (Å²) >= 11 is 1.56. The third kappa shape index (κ3) is 4.34. The van der Waals surface area contributed by atoms with Crippen molar-refractivity contribution in [3.63, 3.8) is 0 Å². The number of nitrogens with one attached hydrogen (secondary N) is 1. The van der Waals surface area contributed by atoms with Crippen LogP contribution in [-0.4, -0.2) is 25.7 Å². The molecule has 0 unspecified atom stereocenters. The molecule has 0 aliphatic heterocycles. The van der Waals surface area contributed by atoms with Crippen LogP contribution in [0.2, 0.25) is 0 Å². The van der Waals surface area contributed by atoms with Crippen molar-refractivity contribution in [3.05, 3.63) is 77.0 Å². The highest BCUT2D eigenvalue weighted by Gasteiger charge is 2.15. The summed E-state index contributed by atoms with van der Waals surface area (Å²) in [5.74, 6) is 1.15. The maximum absolute atomic E-state index is 12.4. The van der Waals surface area contributed by atoms with E-state index in [4.69, 9.17) is 4.42 Å². The molecule has 0 fully saturated rings. The van der Waals surface area contributed by atoms with Crippen molar-refractivity contribution >= 4 is 17.2 Å². The van der Waals surface area contributed by atoms with Crippen molar-refractivity contribution < 1.29 is 9.21 Å². The van der Waals surface area contributed by atoms with E-state index in [0.29, 0.717) is 30.4 Å². The molecule has 1 amide bonds. The second-order valence-corrected chi connectivity index (χ2v) is 7.31. The van der Waals surface area contributed by atoms with Crippen molar-refractivity contribution in [2.24, 2.45) is 0 Å². The van der Waals surface area contributed by atoms with Gasteiger partial charge in [-0.3, -0.25) is 4.79 Å². The van der Waals surface area contributed by atoms with Gasteiger partial charge in [0.15, 0.2) is 0 Å². The molecule has 0 aliphatic carbocycles. The maximum Gasteiger partial charge on any atom is 0.236 e. The molecule has 0 aliphatic rings. The van der Waals surface area contributed by atoms with Crippen LogP contribution in [0.15, 0.2) is 58.9 Å². The molecular weight excluding hydrogens is 374 g/mol. The van der Waals surface area contributed by atoms with Crippen LogP contribution in [0.1, 0.15) is 22.6 Å². The monoisotopic (exact) mass is 393 g/mol. The van der Waals surface area contributed by atoms with Gasteiger partial charge in [0.1, 0.15) is 18.4 Å². The van der Waals surface area contributed by atoms with E-state index in [1.807, 2.05) is 42.6 Å². The smallest absolute Gasteiger partial charge is 0.236 e. The Morgan fingerprint density at radius 3 is 2.93 bits per heavy atom. The molecule has 142 valence electrons. The van der Waals surface area contributed by atoms with Gasteiger partial charge in [-0.1, -0.05) is 30.3 Å². The average molecular weight is 393 g/mol. The lowest BCUT2D eigenvalue weighted by Gasteiger charge is -2.07. The molecule has 0 spiro atoms. The zero-order valence-corrected chi connectivity index (χ0v) is 16.1. The third-order valence-corrected chi connectivity index (χ3v) is 5.10. The minimum Gasteiger partial charge on any atom is -0.440 e. The summed E-state index contributed by atoms with van der Waals surface area (Å²) in [6.07, 6.45) is 3.39. The van der Waals surface area contributed by atoms with E-state index in [1.54, 1.807) is 22.3 Å². The van der Waals surface area contributed by atoms with E-state index < -0.39 is 0 Å². The molecule has 0 saturated heterocycles. The lowest BCUT2D eigenvalue weighted by Crippen LogP contribution is -2.25. The Labute approximate surface area is 166 Å². The number of carbonyl (C=O) groups is 1. The Balaban J connectivity index is 1.35. The van der Waals surface area contributed by atoms with Crippen LogP contribution in [0, 0.1) is 6.92 Å². The van der Waals surface area contributed by atoms with Gasteiger partial charge in [0.05, 0.1) is 23.5 Å². The van der Waals surface area contributed by atoms with Crippen LogP contribution in [-0.2, 0) is 24.3 Å². The zero-order valence-electron chi connectivity index (χ0n) is 15.3. The van der Waals surface area contributed by atoms with Crippen molar-refractivity contribution in [2.75, 3.05) is 0 Å². The highest BCUT2D eigenvalue weighted by Crippen LogP contribution is 2.26. The quantitative estimate of drug-likeness (QED) is 0.521. The number of nitrogens with zero attached hydrogens (tertiary/aromatic N) is 4. The van der Waals surface area contributed by atoms with E-state index in [2.05, 4.69) is 26.4 Å². The van der Waals surface area contributed by atoms with Crippen LogP contribution in [0.5, 0.6) is 0 Å². The van der Waals surface area contributed by atoms with Gasteiger partial charge in [0, 0.05) is 6.54 Å². The van der Waals surface area contributed by atoms with E-state index in [1.165, 1.54) is 6.33 Å². The van der Waals surface area contributed by atoms with Crippen molar-refractivity contribution in [1.82, 2.24) is 25.1 Å². The summed E-state index contributed by atoms with van der Waals surface area (Å²) in [4.78, 5) is 21.7. The first kappa shape index (κ1) is 18.1. The van der Waals surface area contributed by atoms with Gasteiger partial charge in [-0.15, -0.1) is 11.3 Å². The van der Waals surface area contributed by atoms with Crippen molar-refractivity contribution in [1.29, 1.82) is 0 Å². The summed E-state index contributed by atoms with van der Waals surface area (Å²) in [7, 11) is 0. The van der Waals surface area contributed by atoms with Gasteiger partial charge >= 0.3 is 0 Å². The van der Waals surface area contributed by atoms with Crippen LogP contribution < -0.4 is 5.32 Å². The SMILES string of the molecule is Cc1oc(-c2cccs2)nc1CC(=O)NCc1cccc(Cn2cncn2)c1. The molecule has 0 saturated carbocycles. The van der Waals surface area contributed by atoms with Gasteiger partial charge in [0.25, 0.3) is 0 Å². The molecule has 7 nitrogen and oxygen atoms in total. The minimum atomic E-state index is -0.0872. The molecule has 28 heavy (non-hydrogen) atoms. The van der Waals surface area contributed by atoms with Crippen molar-refractivity contribution in [3.8, 4) is 10.8 Å². The highest BCUT2D eigenvalue weighted by atomic mass is 32.1. The second kappa shape index (κ2) is 8.18. The molecule has 0 radical (unpaired) electrons. The van der Waals surface area contributed by atoms with Gasteiger partial charge in [-0.05, 0) is 29.5 Å². The average Bonchev–Trinajstić information content (AvgIpc) is 3.44. The molecule has 3 aromatic heterocycles. The normalized spacial score (nSPS) is 10.9. The van der Waals surface area contributed by atoms with Gasteiger partial charge in [-0.2, -0.15) is 5.10 Å². The third-order valence-electron chi connectivity index (χ3n) is 4.24. The Hall–Kier alpha value is -3.26. The van der Waals surface area contributed by atoms with E-state index in [-0.39, 0.29) is 12.3 Å². The highest BCUT2D eigenvalue weighted by molar-refractivity contribution is 7.13. The Bertz CT molecular complexity index is 1050. The number of oxazole rings is 1. The molecule has 4 rings (SSSR count). The number of hydrogen-bond donors (Lipinski definition) is 1. The summed E-state index contributed by atoms with van der Waals surface area (Å²) in [6.45, 7) is 2.93. The number of carbonyl (C=O) groups excluding carboxylic acids is 1. The minimum absolute atomic E-state index is 0.0872. The molecule has 1 N–H and O–H groups in total. The molecular formula is C20H19N5O2S. The molecule has 0 bridgehead atoms. The van der Waals surface area contributed by atoms with Gasteiger partial charge in [0.2, 0.25) is 11.8 Å². The van der Waals surface area contributed by atoms with Gasteiger partial charge in [-0.25, -0.2) is 14.6 Å². The molecule has 4 aromatic rings. The Morgan fingerprint density at radius 1 is 1.25 bits per heavy atom. The predicted molar refractivity (Wildman–Crippen MR) is 106 cm³/mol. The zero-order chi connectivity index (χ0) is 19.3. The lowest BCUT2D eigenvalue weighted by atomic mass is 10.1. The van der Waals surface area contributed by atoms with Crippen LogP contribution in [0.25, 0.3) is 10.8 Å². The topological polar surface area (TPSA) is 85.8 Å². The fraction of sp³-hybridized carbons (Fsp3) is 0.200. The molecule has 1 aromatic carbocycles.